The molecule has 1 amide bonds. The lowest BCUT2D eigenvalue weighted by Crippen LogP contribution is -2.38. The van der Waals surface area contributed by atoms with E-state index in [0.717, 1.165) is 14.8 Å². The molecule has 6 nitrogen and oxygen atoms in total. The van der Waals surface area contributed by atoms with Crippen LogP contribution in [0.4, 0.5) is 11.4 Å². The molecule has 3 rings (SSSR count). The van der Waals surface area contributed by atoms with E-state index in [2.05, 4.69) is 10.3 Å². The van der Waals surface area contributed by atoms with Gasteiger partial charge in [0.1, 0.15) is 6.54 Å². The quantitative estimate of drug-likeness (QED) is 0.578. The van der Waals surface area contributed by atoms with Crippen molar-refractivity contribution < 1.29 is 13.2 Å². The van der Waals surface area contributed by atoms with Gasteiger partial charge in [-0.2, -0.15) is 0 Å². The molecule has 0 aliphatic carbocycles. The van der Waals surface area contributed by atoms with E-state index in [1.165, 1.54) is 18.0 Å². The van der Waals surface area contributed by atoms with E-state index in [1.807, 2.05) is 25.3 Å². The normalized spacial score (nSPS) is 11.1. The zero-order valence-corrected chi connectivity index (χ0v) is 17.7. The first-order valence-corrected chi connectivity index (χ1v) is 11.5. The molecule has 0 aliphatic rings. The molecule has 0 spiro atoms. The molecule has 0 aliphatic heterocycles. The van der Waals surface area contributed by atoms with Crippen molar-refractivity contribution in [2.24, 2.45) is 0 Å². The van der Waals surface area contributed by atoms with Gasteiger partial charge in [0.05, 0.1) is 22.5 Å². The van der Waals surface area contributed by atoms with Gasteiger partial charge in [-0.25, -0.2) is 8.42 Å². The van der Waals surface area contributed by atoms with Gasteiger partial charge in [0, 0.05) is 11.1 Å². The molecule has 0 saturated heterocycles. The number of amides is 1. The van der Waals surface area contributed by atoms with Crippen molar-refractivity contribution in [3.63, 3.8) is 0 Å². The molecule has 0 saturated carbocycles. The predicted octanol–water partition coefficient (Wildman–Crippen LogP) is 3.95. The number of hydrogen-bond donors (Lipinski definition) is 1. The predicted molar refractivity (Wildman–Crippen MR) is 117 cm³/mol. The van der Waals surface area contributed by atoms with Crippen molar-refractivity contribution in [3.8, 4) is 0 Å². The van der Waals surface area contributed by atoms with Crippen molar-refractivity contribution >= 4 is 39.1 Å². The third kappa shape index (κ3) is 5.16. The van der Waals surface area contributed by atoms with E-state index in [0.29, 0.717) is 11.4 Å². The summed E-state index contributed by atoms with van der Waals surface area (Å²) in [6.45, 7) is 1.56. The molecule has 1 N–H and O–H groups in total. The Hall–Kier alpha value is -2.84. The van der Waals surface area contributed by atoms with Crippen molar-refractivity contribution in [3.05, 3.63) is 78.6 Å². The molecule has 150 valence electrons. The van der Waals surface area contributed by atoms with Crippen LogP contribution in [0.2, 0.25) is 0 Å². The summed E-state index contributed by atoms with van der Waals surface area (Å²) < 4.78 is 27.8. The van der Waals surface area contributed by atoms with Gasteiger partial charge in [0.2, 0.25) is 5.91 Å². The molecular weight excluding hydrogens is 406 g/mol. The van der Waals surface area contributed by atoms with Crippen LogP contribution in [0.25, 0.3) is 0 Å². The summed E-state index contributed by atoms with van der Waals surface area (Å²) in [7, 11) is -3.93. The van der Waals surface area contributed by atoms with E-state index in [9.17, 15) is 13.2 Å². The molecule has 0 atom stereocenters. The maximum Gasteiger partial charge on any atom is 0.264 e. The number of carbonyl (C=O) groups is 1. The smallest absolute Gasteiger partial charge is 0.264 e. The van der Waals surface area contributed by atoms with Crippen LogP contribution in [0.5, 0.6) is 0 Å². The third-order valence-corrected chi connectivity index (χ3v) is 6.73. The largest absolute Gasteiger partial charge is 0.323 e. The minimum atomic E-state index is -3.93. The number of nitrogens with one attached hydrogen (secondary N) is 1. The fourth-order valence-electron chi connectivity index (χ4n) is 2.67. The highest BCUT2D eigenvalue weighted by Crippen LogP contribution is 2.26. The Balaban J connectivity index is 1.93. The number of sulfonamides is 1. The Bertz CT molecular complexity index is 1070. The number of thioether (sulfide) groups is 1. The maximum absolute atomic E-state index is 13.3. The topological polar surface area (TPSA) is 79.4 Å². The van der Waals surface area contributed by atoms with Crippen LogP contribution < -0.4 is 9.62 Å². The van der Waals surface area contributed by atoms with Crippen molar-refractivity contribution in [1.82, 2.24) is 4.98 Å². The van der Waals surface area contributed by atoms with Crippen LogP contribution in [0.3, 0.4) is 0 Å². The molecule has 8 heteroatoms. The number of rotatable bonds is 7. The zero-order valence-electron chi connectivity index (χ0n) is 16.1. The van der Waals surface area contributed by atoms with Crippen LogP contribution in [-0.2, 0) is 14.8 Å². The van der Waals surface area contributed by atoms with E-state index in [1.54, 1.807) is 54.7 Å². The SMILES string of the molecule is CSc1ccc(S(=O)(=O)N(CC(=O)Nc2cccnc2)c2ccc(C)cc2)cc1. The molecule has 0 radical (unpaired) electrons. The van der Waals surface area contributed by atoms with Gasteiger partial charge < -0.3 is 5.32 Å². The van der Waals surface area contributed by atoms with Crippen molar-refractivity contribution in [2.45, 2.75) is 16.7 Å². The Labute approximate surface area is 175 Å². The minimum Gasteiger partial charge on any atom is -0.323 e. The molecule has 29 heavy (non-hydrogen) atoms. The summed E-state index contributed by atoms with van der Waals surface area (Å²) in [5.41, 5.74) is 1.92. The van der Waals surface area contributed by atoms with Gasteiger partial charge in [-0.05, 0) is 61.7 Å². The number of benzene rings is 2. The first kappa shape index (κ1) is 20.9. The van der Waals surface area contributed by atoms with Gasteiger partial charge in [0.25, 0.3) is 10.0 Å². The number of carbonyl (C=O) groups excluding carboxylic acids is 1. The van der Waals surface area contributed by atoms with E-state index < -0.39 is 15.9 Å². The van der Waals surface area contributed by atoms with Gasteiger partial charge in [0.15, 0.2) is 0 Å². The van der Waals surface area contributed by atoms with Gasteiger partial charge in [-0.15, -0.1) is 11.8 Å². The average Bonchev–Trinajstić information content (AvgIpc) is 2.73. The molecule has 0 bridgehead atoms. The first-order chi connectivity index (χ1) is 13.9. The Morgan fingerprint density at radius 1 is 1.07 bits per heavy atom. The molecule has 0 unspecified atom stereocenters. The number of hydrogen-bond acceptors (Lipinski definition) is 5. The van der Waals surface area contributed by atoms with Crippen molar-refractivity contribution in [1.29, 1.82) is 0 Å². The second-order valence-electron chi connectivity index (χ2n) is 6.31. The lowest BCUT2D eigenvalue weighted by molar-refractivity contribution is -0.114. The average molecular weight is 428 g/mol. The van der Waals surface area contributed by atoms with E-state index in [-0.39, 0.29) is 11.4 Å². The fraction of sp³-hybridized carbons (Fsp3) is 0.143. The monoisotopic (exact) mass is 427 g/mol. The highest BCUT2D eigenvalue weighted by Gasteiger charge is 2.27. The van der Waals surface area contributed by atoms with Gasteiger partial charge in [-0.3, -0.25) is 14.1 Å². The molecule has 2 aromatic carbocycles. The first-order valence-electron chi connectivity index (χ1n) is 8.83. The summed E-state index contributed by atoms with van der Waals surface area (Å²) in [4.78, 5) is 17.6. The van der Waals surface area contributed by atoms with Gasteiger partial charge >= 0.3 is 0 Å². The summed E-state index contributed by atoms with van der Waals surface area (Å²) >= 11 is 1.53. The number of pyridine rings is 1. The fourth-order valence-corrected chi connectivity index (χ4v) is 4.50. The minimum absolute atomic E-state index is 0.130. The molecule has 0 fully saturated rings. The Kier molecular flexibility index (Phi) is 6.56. The van der Waals surface area contributed by atoms with Gasteiger partial charge in [-0.1, -0.05) is 17.7 Å². The summed E-state index contributed by atoms with van der Waals surface area (Å²) in [5.74, 6) is -0.456. The molecular formula is C21H21N3O3S2. The van der Waals surface area contributed by atoms with Crippen LogP contribution in [-0.4, -0.2) is 32.1 Å². The van der Waals surface area contributed by atoms with Crippen LogP contribution >= 0.6 is 11.8 Å². The summed E-state index contributed by atoms with van der Waals surface area (Å²) in [5, 5.41) is 2.68. The second kappa shape index (κ2) is 9.11. The number of aryl methyl sites for hydroxylation is 1. The van der Waals surface area contributed by atoms with Crippen LogP contribution in [0.15, 0.2) is 82.8 Å². The number of anilines is 2. The second-order valence-corrected chi connectivity index (χ2v) is 9.05. The highest BCUT2D eigenvalue weighted by atomic mass is 32.2. The van der Waals surface area contributed by atoms with Crippen LogP contribution in [0, 0.1) is 6.92 Å². The number of aromatic nitrogens is 1. The zero-order chi connectivity index (χ0) is 20.9. The Morgan fingerprint density at radius 3 is 2.34 bits per heavy atom. The summed E-state index contributed by atoms with van der Waals surface area (Å²) in [6.07, 6.45) is 5.02. The Morgan fingerprint density at radius 2 is 1.76 bits per heavy atom. The lowest BCUT2D eigenvalue weighted by atomic mass is 10.2. The van der Waals surface area contributed by atoms with Crippen LogP contribution in [0.1, 0.15) is 5.56 Å². The molecule has 1 heterocycles. The van der Waals surface area contributed by atoms with E-state index in [4.69, 9.17) is 0 Å². The summed E-state index contributed by atoms with van der Waals surface area (Å²) in [6, 6.07) is 17.0. The van der Waals surface area contributed by atoms with E-state index >= 15 is 0 Å². The highest BCUT2D eigenvalue weighted by molar-refractivity contribution is 7.98. The lowest BCUT2D eigenvalue weighted by Gasteiger charge is -2.24. The molecule has 3 aromatic rings. The molecule has 1 aromatic heterocycles. The third-order valence-electron chi connectivity index (χ3n) is 4.20. The maximum atomic E-state index is 13.3. The standard InChI is InChI=1S/C21H21N3O3S2/c1-16-5-7-18(8-6-16)24(15-21(25)23-17-4-3-13-22-14-17)29(26,27)20-11-9-19(28-2)10-12-20/h3-14H,15H2,1-2H3,(H,23,25). The van der Waals surface area contributed by atoms with Crippen molar-refractivity contribution in [2.75, 3.05) is 22.4 Å². The number of nitrogens with zero attached hydrogens (tertiary/aromatic N) is 2.